The molecule has 0 atom stereocenters. The first-order valence-corrected chi connectivity index (χ1v) is 11.2. The highest BCUT2D eigenvalue weighted by molar-refractivity contribution is 7.81. The Labute approximate surface area is 182 Å². The van der Waals surface area contributed by atoms with Crippen molar-refractivity contribution in [2.45, 2.75) is 43.9 Å². The van der Waals surface area contributed by atoms with Crippen molar-refractivity contribution in [1.82, 2.24) is 0 Å². The molecule has 4 bridgehead atoms. The number of nitrogens with one attached hydrogen (secondary N) is 1. The summed E-state index contributed by atoms with van der Waals surface area (Å²) in [6.45, 7) is 0. The first-order valence-electron chi connectivity index (χ1n) is 10.8. The zero-order chi connectivity index (χ0) is 20.9. The van der Waals surface area contributed by atoms with E-state index in [-0.39, 0.29) is 11.0 Å². The SMILES string of the molecule is COc1ccc(C(=S)Nc2ccc(C(=O)O)cc2)cc1C12CC3CC(CC(C3)C1)C2. The monoisotopic (exact) mass is 421 g/mol. The van der Waals surface area contributed by atoms with E-state index < -0.39 is 5.97 Å². The van der Waals surface area contributed by atoms with Crippen LogP contribution in [0.15, 0.2) is 42.5 Å². The number of ether oxygens (including phenoxy) is 1. The van der Waals surface area contributed by atoms with E-state index in [1.54, 1.807) is 31.4 Å². The minimum Gasteiger partial charge on any atom is -0.496 e. The molecule has 0 aliphatic heterocycles. The quantitative estimate of drug-likeness (QED) is 0.611. The molecule has 4 aliphatic carbocycles. The third-order valence-electron chi connectivity index (χ3n) is 7.46. The van der Waals surface area contributed by atoms with Gasteiger partial charge in [-0.1, -0.05) is 12.2 Å². The van der Waals surface area contributed by atoms with E-state index in [2.05, 4.69) is 17.4 Å². The van der Waals surface area contributed by atoms with Crippen molar-refractivity contribution < 1.29 is 14.6 Å². The van der Waals surface area contributed by atoms with Crippen LogP contribution in [0.2, 0.25) is 0 Å². The van der Waals surface area contributed by atoms with Gasteiger partial charge in [-0.2, -0.15) is 0 Å². The van der Waals surface area contributed by atoms with E-state index in [1.165, 1.54) is 44.1 Å². The Hall–Kier alpha value is -2.40. The fourth-order valence-corrected chi connectivity index (χ4v) is 6.85. The van der Waals surface area contributed by atoms with Crippen LogP contribution in [0.1, 0.15) is 60.0 Å². The Kier molecular flexibility index (Phi) is 4.81. The van der Waals surface area contributed by atoms with E-state index >= 15 is 0 Å². The maximum Gasteiger partial charge on any atom is 0.335 e. The predicted octanol–water partition coefficient (Wildman–Crippen LogP) is 5.65. The van der Waals surface area contributed by atoms with Gasteiger partial charge in [0, 0.05) is 16.8 Å². The maximum atomic E-state index is 11.1. The molecule has 156 valence electrons. The lowest BCUT2D eigenvalue weighted by atomic mass is 9.48. The van der Waals surface area contributed by atoms with Crippen LogP contribution >= 0.6 is 12.2 Å². The fourth-order valence-electron chi connectivity index (χ4n) is 6.60. The molecule has 0 aromatic heterocycles. The lowest BCUT2D eigenvalue weighted by Crippen LogP contribution is -2.48. The molecule has 0 amide bonds. The molecule has 5 heteroatoms. The molecule has 0 spiro atoms. The van der Waals surface area contributed by atoms with Gasteiger partial charge in [-0.15, -0.1) is 0 Å². The molecule has 4 saturated carbocycles. The molecule has 2 N–H and O–H groups in total. The van der Waals surface area contributed by atoms with Gasteiger partial charge in [0.15, 0.2) is 0 Å². The normalized spacial score (nSPS) is 28.9. The number of carbonyl (C=O) groups is 1. The summed E-state index contributed by atoms with van der Waals surface area (Å²) in [6.07, 6.45) is 8.05. The van der Waals surface area contributed by atoms with Gasteiger partial charge in [-0.05, 0) is 104 Å². The Bertz CT molecular complexity index is 963. The second-order valence-corrected chi connectivity index (χ2v) is 9.86. The molecule has 0 heterocycles. The van der Waals surface area contributed by atoms with E-state index in [4.69, 9.17) is 22.1 Å². The van der Waals surface area contributed by atoms with Gasteiger partial charge in [0.1, 0.15) is 10.7 Å². The summed E-state index contributed by atoms with van der Waals surface area (Å²) in [4.78, 5) is 11.7. The minimum absolute atomic E-state index is 0.231. The number of carboxylic acids is 1. The Morgan fingerprint density at radius 3 is 2.10 bits per heavy atom. The van der Waals surface area contributed by atoms with Gasteiger partial charge in [0.25, 0.3) is 0 Å². The largest absolute Gasteiger partial charge is 0.496 e. The summed E-state index contributed by atoms with van der Waals surface area (Å²) < 4.78 is 5.80. The second kappa shape index (κ2) is 7.38. The summed E-state index contributed by atoms with van der Waals surface area (Å²) in [6, 6.07) is 13.0. The van der Waals surface area contributed by atoms with Crippen LogP contribution in [0.5, 0.6) is 5.75 Å². The van der Waals surface area contributed by atoms with Gasteiger partial charge in [-0.3, -0.25) is 0 Å². The summed E-state index contributed by atoms with van der Waals surface area (Å²) in [7, 11) is 1.76. The van der Waals surface area contributed by atoms with Crippen LogP contribution in [0.3, 0.4) is 0 Å². The number of methoxy groups -OCH3 is 1. The molecule has 4 fully saturated rings. The van der Waals surface area contributed by atoms with Crippen molar-refractivity contribution in [3.8, 4) is 5.75 Å². The molecule has 6 rings (SSSR count). The van der Waals surface area contributed by atoms with Crippen molar-refractivity contribution in [1.29, 1.82) is 0 Å². The van der Waals surface area contributed by atoms with Crippen LogP contribution in [0.25, 0.3) is 0 Å². The lowest BCUT2D eigenvalue weighted by molar-refractivity contribution is -0.00616. The number of benzene rings is 2. The fraction of sp³-hybridized carbons (Fsp3) is 0.440. The predicted molar refractivity (Wildman–Crippen MR) is 122 cm³/mol. The average molecular weight is 422 g/mol. The zero-order valence-corrected chi connectivity index (χ0v) is 18.0. The van der Waals surface area contributed by atoms with Crippen molar-refractivity contribution in [2.75, 3.05) is 12.4 Å². The number of hydrogen-bond donors (Lipinski definition) is 2. The molecular formula is C25H27NO3S. The Morgan fingerprint density at radius 2 is 1.57 bits per heavy atom. The Morgan fingerprint density at radius 1 is 1.00 bits per heavy atom. The van der Waals surface area contributed by atoms with E-state index in [9.17, 15) is 4.79 Å². The van der Waals surface area contributed by atoms with Crippen molar-refractivity contribution >= 4 is 28.9 Å². The molecule has 0 unspecified atom stereocenters. The number of aromatic carboxylic acids is 1. The number of hydrogen-bond acceptors (Lipinski definition) is 3. The maximum absolute atomic E-state index is 11.1. The van der Waals surface area contributed by atoms with Gasteiger partial charge in [0.05, 0.1) is 12.7 Å². The minimum atomic E-state index is -0.931. The van der Waals surface area contributed by atoms with Crippen LogP contribution in [0.4, 0.5) is 5.69 Å². The number of rotatable bonds is 5. The number of carboxylic acid groups (broad SMARTS) is 1. The standard InChI is InChI=1S/C25H27NO3S/c1-29-22-7-4-19(23(30)26-20-5-2-18(3-6-20)24(27)28)11-21(22)25-12-15-8-16(13-25)10-17(9-15)14-25/h2-7,11,15-17H,8-10,12-14H2,1H3,(H,26,30)(H,27,28). The summed E-state index contributed by atoms with van der Waals surface area (Å²) in [5.74, 6) is 2.64. The molecule has 0 radical (unpaired) electrons. The third kappa shape index (κ3) is 3.39. The highest BCUT2D eigenvalue weighted by atomic mass is 32.1. The molecule has 4 aliphatic rings. The van der Waals surface area contributed by atoms with Crippen molar-refractivity contribution in [3.63, 3.8) is 0 Å². The van der Waals surface area contributed by atoms with Gasteiger partial charge < -0.3 is 15.2 Å². The number of thiocarbonyl (C=S) groups is 1. The molecular weight excluding hydrogens is 394 g/mol. The third-order valence-corrected chi connectivity index (χ3v) is 7.80. The summed E-state index contributed by atoms with van der Waals surface area (Å²) in [5.41, 5.74) is 3.59. The summed E-state index contributed by atoms with van der Waals surface area (Å²) in [5, 5.41) is 12.3. The first kappa shape index (κ1) is 19.6. The van der Waals surface area contributed by atoms with E-state index in [0.29, 0.717) is 4.99 Å². The topological polar surface area (TPSA) is 58.6 Å². The van der Waals surface area contributed by atoms with E-state index in [0.717, 1.165) is 34.8 Å². The lowest BCUT2D eigenvalue weighted by Gasteiger charge is -2.57. The van der Waals surface area contributed by atoms with Crippen LogP contribution in [-0.2, 0) is 5.41 Å². The van der Waals surface area contributed by atoms with Crippen molar-refractivity contribution in [3.05, 3.63) is 59.2 Å². The molecule has 2 aromatic carbocycles. The highest BCUT2D eigenvalue weighted by Gasteiger charge is 2.52. The zero-order valence-electron chi connectivity index (χ0n) is 17.2. The van der Waals surface area contributed by atoms with Gasteiger partial charge >= 0.3 is 5.97 Å². The Balaban J connectivity index is 1.43. The summed E-state index contributed by atoms with van der Waals surface area (Å²) >= 11 is 5.70. The van der Waals surface area contributed by atoms with Crippen LogP contribution < -0.4 is 10.1 Å². The second-order valence-electron chi connectivity index (χ2n) is 9.45. The number of anilines is 1. The van der Waals surface area contributed by atoms with E-state index in [1.807, 2.05) is 6.07 Å². The van der Waals surface area contributed by atoms with Gasteiger partial charge in [-0.25, -0.2) is 4.79 Å². The molecule has 2 aromatic rings. The van der Waals surface area contributed by atoms with Crippen LogP contribution in [0, 0.1) is 17.8 Å². The van der Waals surface area contributed by atoms with Crippen molar-refractivity contribution in [2.24, 2.45) is 17.8 Å². The molecule has 0 saturated heterocycles. The van der Waals surface area contributed by atoms with Crippen LogP contribution in [-0.4, -0.2) is 23.2 Å². The van der Waals surface area contributed by atoms with Gasteiger partial charge in [0.2, 0.25) is 0 Å². The molecule has 4 nitrogen and oxygen atoms in total. The highest BCUT2D eigenvalue weighted by Crippen LogP contribution is 2.61. The molecule has 30 heavy (non-hydrogen) atoms. The first-order chi connectivity index (χ1) is 14.5. The smallest absolute Gasteiger partial charge is 0.335 e. The average Bonchev–Trinajstić information content (AvgIpc) is 2.72.